The molecule has 0 radical (unpaired) electrons. The molecule has 2 rings (SSSR count). The molecule has 0 unspecified atom stereocenters. The first-order valence-corrected chi connectivity index (χ1v) is 6.73. The van der Waals surface area contributed by atoms with Gasteiger partial charge in [-0.25, -0.2) is 14.4 Å². The molecule has 0 aliphatic carbocycles. The summed E-state index contributed by atoms with van der Waals surface area (Å²) < 4.78 is 13.7. The number of hydrogen-bond donors (Lipinski definition) is 1. The molecule has 1 aromatic carbocycles. The second-order valence-corrected chi connectivity index (χ2v) is 5.15. The van der Waals surface area contributed by atoms with Crippen molar-refractivity contribution < 1.29 is 4.39 Å². The predicted molar refractivity (Wildman–Crippen MR) is 80.5 cm³/mol. The molecule has 0 fully saturated rings. The zero-order valence-corrected chi connectivity index (χ0v) is 12.5. The van der Waals surface area contributed by atoms with Crippen LogP contribution in [-0.2, 0) is 0 Å². The van der Waals surface area contributed by atoms with Crippen molar-refractivity contribution in [2.24, 2.45) is 0 Å². The van der Waals surface area contributed by atoms with Crippen molar-refractivity contribution in [3.63, 3.8) is 0 Å². The lowest BCUT2D eigenvalue weighted by molar-refractivity contribution is 0.627. The SMILES string of the molecule is CNc1nc(C(C)C)nc(-c2cc(F)cc(C#N)c2)c1C. The average Bonchev–Trinajstić information content (AvgIpc) is 2.46. The molecule has 0 saturated heterocycles. The fraction of sp³-hybridized carbons (Fsp3) is 0.312. The van der Waals surface area contributed by atoms with Crippen molar-refractivity contribution in [1.29, 1.82) is 5.26 Å². The molecule has 5 heteroatoms. The molecule has 1 heterocycles. The van der Waals surface area contributed by atoms with Gasteiger partial charge in [0.15, 0.2) is 0 Å². The predicted octanol–water partition coefficient (Wildman–Crippen LogP) is 3.63. The number of nitrogens with zero attached hydrogens (tertiary/aromatic N) is 3. The molecule has 0 aliphatic heterocycles. The van der Waals surface area contributed by atoms with E-state index in [1.165, 1.54) is 12.1 Å². The van der Waals surface area contributed by atoms with E-state index in [4.69, 9.17) is 5.26 Å². The highest BCUT2D eigenvalue weighted by Gasteiger charge is 2.15. The summed E-state index contributed by atoms with van der Waals surface area (Å²) in [6, 6.07) is 6.20. The normalized spacial score (nSPS) is 10.5. The topological polar surface area (TPSA) is 61.6 Å². The summed E-state index contributed by atoms with van der Waals surface area (Å²) in [6.07, 6.45) is 0. The molecule has 0 atom stereocenters. The highest BCUT2D eigenvalue weighted by atomic mass is 19.1. The number of benzene rings is 1. The van der Waals surface area contributed by atoms with E-state index < -0.39 is 5.82 Å². The van der Waals surface area contributed by atoms with Crippen LogP contribution in [0.1, 0.15) is 36.7 Å². The highest BCUT2D eigenvalue weighted by molar-refractivity contribution is 5.69. The van der Waals surface area contributed by atoms with E-state index in [0.29, 0.717) is 22.9 Å². The van der Waals surface area contributed by atoms with Crippen LogP contribution < -0.4 is 5.32 Å². The summed E-state index contributed by atoms with van der Waals surface area (Å²) in [5, 5.41) is 12.0. The van der Waals surface area contributed by atoms with Gasteiger partial charge in [-0.15, -0.1) is 0 Å². The van der Waals surface area contributed by atoms with Gasteiger partial charge in [-0.3, -0.25) is 0 Å². The van der Waals surface area contributed by atoms with Crippen LogP contribution in [0.5, 0.6) is 0 Å². The lowest BCUT2D eigenvalue weighted by Gasteiger charge is -2.14. The summed E-state index contributed by atoms with van der Waals surface area (Å²) in [6.45, 7) is 5.88. The largest absolute Gasteiger partial charge is 0.373 e. The summed E-state index contributed by atoms with van der Waals surface area (Å²) in [5.41, 5.74) is 2.34. The van der Waals surface area contributed by atoms with Crippen LogP contribution in [0.15, 0.2) is 18.2 Å². The van der Waals surface area contributed by atoms with E-state index >= 15 is 0 Å². The molecule has 1 N–H and O–H groups in total. The smallest absolute Gasteiger partial charge is 0.133 e. The molecule has 0 bridgehead atoms. The van der Waals surface area contributed by atoms with E-state index in [1.807, 2.05) is 26.8 Å². The molecular weight excluding hydrogens is 267 g/mol. The van der Waals surface area contributed by atoms with Gasteiger partial charge in [0.2, 0.25) is 0 Å². The second-order valence-electron chi connectivity index (χ2n) is 5.15. The molecular formula is C16H17FN4. The number of halogens is 1. The van der Waals surface area contributed by atoms with Crippen LogP contribution in [0.3, 0.4) is 0 Å². The van der Waals surface area contributed by atoms with Gasteiger partial charge in [-0.1, -0.05) is 13.8 Å². The number of nitriles is 1. The van der Waals surface area contributed by atoms with E-state index in [2.05, 4.69) is 15.3 Å². The Morgan fingerprint density at radius 3 is 2.52 bits per heavy atom. The Balaban J connectivity index is 2.71. The third-order valence-corrected chi connectivity index (χ3v) is 3.22. The summed E-state index contributed by atoms with van der Waals surface area (Å²) in [7, 11) is 1.79. The van der Waals surface area contributed by atoms with Crippen LogP contribution >= 0.6 is 0 Å². The number of hydrogen-bond acceptors (Lipinski definition) is 4. The minimum atomic E-state index is -0.445. The maximum atomic E-state index is 13.7. The molecule has 0 saturated carbocycles. The van der Waals surface area contributed by atoms with Gasteiger partial charge in [0.1, 0.15) is 17.5 Å². The van der Waals surface area contributed by atoms with E-state index in [1.54, 1.807) is 13.1 Å². The molecule has 0 spiro atoms. The van der Waals surface area contributed by atoms with Gasteiger partial charge in [-0.05, 0) is 25.1 Å². The van der Waals surface area contributed by atoms with Crippen molar-refractivity contribution in [1.82, 2.24) is 9.97 Å². The van der Waals surface area contributed by atoms with Gasteiger partial charge < -0.3 is 5.32 Å². The quantitative estimate of drug-likeness (QED) is 0.935. The van der Waals surface area contributed by atoms with Crippen LogP contribution in [0, 0.1) is 24.1 Å². The van der Waals surface area contributed by atoms with Crippen LogP contribution in [0.25, 0.3) is 11.3 Å². The van der Waals surface area contributed by atoms with Crippen molar-refractivity contribution in [2.75, 3.05) is 12.4 Å². The Labute approximate surface area is 123 Å². The molecule has 108 valence electrons. The molecule has 0 aliphatic rings. The first kappa shape index (κ1) is 14.9. The fourth-order valence-corrected chi connectivity index (χ4v) is 2.11. The number of rotatable bonds is 3. The van der Waals surface area contributed by atoms with Crippen molar-refractivity contribution in [3.8, 4) is 17.3 Å². The summed E-state index contributed by atoms with van der Waals surface area (Å²) in [5.74, 6) is 1.11. The zero-order chi connectivity index (χ0) is 15.6. The van der Waals surface area contributed by atoms with Gasteiger partial charge >= 0.3 is 0 Å². The second kappa shape index (κ2) is 5.88. The first-order valence-electron chi connectivity index (χ1n) is 6.73. The monoisotopic (exact) mass is 284 g/mol. The standard InChI is InChI=1S/C16H17FN4/c1-9(2)15-20-14(10(3)16(19-4)21-15)12-5-11(8-18)6-13(17)7-12/h5-7,9H,1-4H3,(H,19,20,21). The maximum Gasteiger partial charge on any atom is 0.133 e. The Kier molecular flexibility index (Phi) is 4.18. The Bertz CT molecular complexity index is 717. The van der Waals surface area contributed by atoms with Gasteiger partial charge in [0.05, 0.1) is 17.3 Å². The Hall–Kier alpha value is -2.48. The van der Waals surface area contributed by atoms with Crippen LogP contribution in [0.2, 0.25) is 0 Å². The third-order valence-electron chi connectivity index (χ3n) is 3.22. The van der Waals surface area contributed by atoms with E-state index in [-0.39, 0.29) is 11.5 Å². The van der Waals surface area contributed by atoms with Gasteiger partial charge in [-0.2, -0.15) is 5.26 Å². The van der Waals surface area contributed by atoms with Gasteiger partial charge in [0, 0.05) is 24.1 Å². The summed E-state index contributed by atoms with van der Waals surface area (Å²) in [4.78, 5) is 9.00. The summed E-state index contributed by atoms with van der Waals surface area (Å²) >= 11 is 0. The highest BCUT2D eigenvalue weighted by Crippen LogP contribution is 2.28. The number of aromatic nitrogens is 2. The lowest BCUT2D eigenvalue weighted by Crippen LogP contribution is -2.06. The zero-order valence-electron chi connectivity index (χ0n) is 12.5. The van der Waals surface area contributed by atoms with E-state index in [0.717, 1.165) is 5.56 Å². The molecule has 21 heavy (non-hydrogen) atoms. The fourth-order valence-electron chi connectivity index (χ4n) is 2.11. The first-order chi connectivity index (χ1) is 9.96. The molecule has 4 nitrogen and oxygen atoms in total. The number of nitrogens with one attached hydrogen (secondary N) is 1. The molecule has 0 amide bonds. The van der Waals surface area contributed by atoms with E-state index in [9.17, 15) is 4.39 Å². The van der Waals surface area contributed by atoms with Crippen LogP contribution in [0.4, 0.5) is 10.2 Å². The minimum absolute atomic E-state index is 0.153. The molecule has 2 aromatic rings. The number of anilines is 1. The maximum absolute atomic E-state index is 13.7. The Morgan fingerprint density at radius 1 is 1.24 bits per heavy atom. The third kappa shape index (κ3) is 3.00. The van der Waals surface area contributed by atoms with Crippen molar-refractivity contribution in [3.05, 3.63) is 41.0 Å². The van der Waals surface area contributed by atoms with Crippen molar-refractivity contribution in [2.45, 2.75) is 26.7 Å². The minimum Gasteiger partial charge on any atom is -0.373 e. The van der Waals surface area contributed by atoms with Crippen molar-refractivity contribution >= 4 is 5.82 Å². The molecule has 1 aromatic heterocycles. The lowest BCUT2D eigenvalue weighted by atomic mass is 10.0. The van der Waals surface area contributed by atoms with Gasteiger partial charge in [0.25, 0.3) is 0 Å². The average molecular weight is 284 g/mol. The van der Waals surface area contributed by atoms with Crippen LogP contribution in [-0.4, -0.2) is 17.0 Å². The Morgan fingerprint density at radius 2 is 1.95 bits per heavy atom.